The topological polar surface area (TPSA) is 59.0 Å². The van der Waals surface area contributed by atoms with Crippen LogP contribution >= 0.6 is 0 Å². The fourth-order valence-corrected chi connectivity index (χ4v) is 2.34. The Labute approximate surface area is 103 Å². The summed E-state index contributed by atoms with van der Waals surface area (Å²) in [6.07, 6.45) is 2.99. The summed E-state index contributed by atoms with van der Waals surface area (Å²) >= 11 is 0. The summed E-state index contributed by atoms with van der Waals surface area (Å²) in [6, 6.07) is 0.162. The number of carbonyl (C=O) groups is 1. The molecule has 2 atom stereocenters. The summed E-state index contributed by atoms with van der Waals surface area (Å²) in [5.41, 5.74) is 0. The smallest absolute Gasteiger partial charge is 0.306 e. The van der Waals surface area contributed by atoms with E-state index >= 15 is 0 Å². The molecule has 1 aliphatic rings. The Morgan fingerprint density at radius 3 is 2.65 bits per heavy atom. The van der Waals surface area contributed by atoms with Crippen LogP contribution in [0.15, 0.2) is 0 Å². The van der Waals surface area contributed by atoms with Gasteiger partial charge in [0.05, 0.1) is 26.2 Å². The molecule has 0 amide bonds. The molecule has 1 fully saturated rings. The summed E-state index contributed by atoms with van der Waals surface area (Å²) in [4.78, 5) is 13.3. The Morgan fingerprint density at radius 1 is 1.35 bits per heavy atom. The van der Waals surface area contributed by atoms with Gasteiger partial charge in [0.25, 0.3) is 0 Å². The van der Waals surface area contributed by atoms with E-state index in [0.29, 0.717) is 19.6 Å². The van der Waals surface area contributed by atoms with E-state index in [2.05, 4.69) is 9.64 Å². The summed E-state index contributed by atoms with van der Waals surface area (Å²) < 4.78 is 9.70. The highest BCUT2D eigenvalue weighted by molar-refractivity contribution is 5.69. The molecule has 1 saturated carbocycles. The number of carbonyl (C=O) groups excluding carboxylic acids is 1. The molecule has 100 valence electrons. The average molecular weight is 245 g/mol. The number of rotatable bonds is 7. The van der Waals surface area contributed by atoms with E-state index in [4.69, 9.17) is 4.74 Å². The number of esters is 1. The van der Waals surface area contributed by atoms with Gasteiger partial charge in [0.2, 0.25) is 0 Å². The summed E-state index contributed by atoms with van der Waals surface area (Å²) in [5.74, 6) is -0.208. The maximum atomic E-state index is 11.1. The first-order chi connectivity index (χ1) is 8.19. The summed E-state index contributed by atoms with van der Waals surface area (Å²) in [7, 11) is 3.05. The maximum absolute atomic E-state index is 11.1. The minimum Gasteiger partial charge on any atom is -0.469 e. The molecule has 2 unspecified atom stereocenters. The second-order valence-electron chi connectivity index (χ2n) is 4.42. The van der Waals surface area contributed by atoms with E-state index in [1.54, 1.807) is 7.11 Å². The number of nitrogens with zero attached hydrogens (tertiary/aromatic N) is 1. The number of hydrogen-bond acceptors (Lipinski definition) is 5. The predicted octanol–water partition coefficient (Wildman–Crippen LogP) is 0.411. The van der Waals surface area contributed by atoms with E-state index in [-0.39, 0.29) is 18.1 Å². The van der Waals surface area contributed by atoms with E-state index in [9.17, 15) is 9.90 Å². The molecule has 1 N–H and O–H groups in total. The molecule has 0 saturated heterocycles. The summed E-state index contributed by atoms with van der Waals surface area (Å²) in [5, 5.41) is 9.88. The van der Waals surface area contributed by atoms with Crippen LogP contribution in [0.3, 0.4) is 0 Å². The van der Waals surface area contributed by atoms with Crippen LogP contribution in [-0.4, -0.2) is 62.0 Å². The molecule has 17 heavy (non-hydrogen) atoms. The standard InChI is InChI=1S/C12H23NO4/c1-16-9-8-13(7-6-12(15)17-2)10-4-3-5-11(10)14/h10-11,14H,3-9H2,1-2H3. The van der Waals surface area contributed by atoms with E-state index < -0.39 is 0 Å². The molecule has 5 nitrogen and oxygen atoms in total. The molecule has 0 aromatic carbocycles. The highest BCUT2D eigenvalue weighted by Gasteiger charge is 2.30. The van der Waals surface area contributed by atoms with Gasteiger partial charge in [-0.3, -0.25) is 9.69 Å². The van der Waals surface area contributed by atoms with Crippen LogP contribution in [0.25, 0.3) is 0 Å². The normalized spacial score (nSPS) is 24.2. The Balaban J connectivity index is 2.44. The van der Waals surface area contributed by atoms with Crippen molar-refractivity contribution in [3.05, 3.63) is 0 Å². The molecular weight excluding hydrogens is 222 g/mol. The van der Waals surface area contributed by atoms with Gasteiger partial charge in [-0.15, -0.1) is 0 Å². The zero-order chi connectivity index (χ0) is 12.7. The molecule has 0 spiro atoms. The Bertz CT molecular complexity index is 235. The quantitative estimate of drug-likeness (QED) is 0.658. The minimum absolute atomic E-state index is 0.162. The lowest BCUT2D eigenvalue weighted by Crippen LogP contribution is -2.43. The number of hydrogen-bond donors (Lipinski definition) is 1. The van der Waals surface area contributed by atoms with Crippen molar-refractivity contribution in [3.63, 3.8) is 0 Å². The van der Waals surface area contributed by atoms with Crippen LogP contribution in [0, 0.1) is 0 Å². The molecule has 0 bridgehead atoms. The van der Waals surface area contributed by atoms with Gasteiger partial charge in [0, 0.05) is 26.2 Å². The van der Waals surface area contributed by atoms with E-state index in [1.165, 1.54) is 7.11 Å². The van der Waals surface area contributed by atoms with Crippen LogP contribution in [-0.2, 0) is 14.3 Å². The second kappa shape index (κ2) is 7.63. The Kier molecular flexibility index (Phi) is 6.47. The zero-order valence-corrected chi connectivity index (χ0v) is 10.7. The van der Waals surface area contributed by atoms with Crippen molar-refractivity contribution in [2.24, 2.45) is 0 Å². The van der Waals surface area contributed by atoms with Crippen LogP contribution in [0.1, 0.15) is 25.7 Å². The highest BCUT2D eigenvalue weighted by Crippen LogP contribution is 2.24. The largest absolute Gasteiger partial charge is 0.469 e. The van der Waals surface area contributed by atoms with Gasteiger partial charge in [-0.05, 0) is 19.3 Å². The van der Waals surface area contributed by atoms with Crippen molar-refractivity contribution < 1.29 is 19.4 Å². The van der Waals surface area contributed by atoms with Crippen molar-refractivity contribution >= 4 is 5.97 Å². The van der Waals surface area contributed by atoms with Crippen molar-refractivity contribution in [1.82, 2.24) is 4.90 Å². The maximum Gasteiger partial charge on any atom is 0.306 e. The third-order valence-electron chi connectivity index (χ3n) is 3.33. The molecule has 0 aromatic rings. The lowest BCUT2D eigenvalue weighted by molar-refractivity contribution is -0.141. The zero-order valence-electron chi connectivity index (χ0n) is 10.7. The summed E-state index contributed by atoms with van der Waals surface area (Å²) in [6.45, 7) is 1.98. The van der Waals surface area contributed by atoms with Gasteiger partial charge in [-0.1, -0.05) is 0 Å². The van der Waals surface area contributed by atoms with Crippen LogP contribution in [0.4, 0.5) is 0 Å². The third-order valence-corrected chi connectivity index (χ3v) is 3.33. The number of aliphatic hydroxyl groups excluding tert-OH is 1. The Morgan fingerprint density at radius 2 is 2.12 bits per heavy atom. The molecule has 5 heteroatoms. The molecule has 0 radical (unpaired) electrons. The number of methoxy groups -OCH3 is 2. The SMILES string of the molecule is COCCN(CCC(=O)OC)C1CCCC1O. The minimum atomic E-state index is -0.274. The third kappa shape index (κ3) is 4.61. The fraction of sp³-hybridized carbons (Fsp3) is 0.917. The molecular formula is C12H23NO4. The molecule has 0 heterocycles. The second-order valence-corrected chi connectivity index (χ2v) is 4.42. The first kappa shape index (κ1) is 14.4. The van der Waals surface area contributed by atoms with Gasteiger partial charge in [-0.2, -0.15) is 0 Å². The van der Waals surface area contributed by atoms with Gasteiger partial charge >= 0.3 is 5.97 Å². The molecule has 0 aliphatic heterocycles. The molecule has 1 rings (SSSR count). The Hall–Kier alpha value is -0.650. The van der Waals surface area contributed by atoms with Crippen molar-refractivity contribution in [2.45, 2.75) is 37.8 Å². The van der Waals surface area contributed by atoms with Crippen LogP contribution < -0.4 is 0 Å². The highest BCUT2D eigenvalue weighted by atomic mass is 16.5. The number of aliphatic hydroxyl groups is 1. The van der Waals surface area contributed by atoms with Gasteiger partial charge in [-0.25, -0.2) is 0 Å². The first-order valence-corrected chi connectivity index (χ1v) is 6.17. The van der Waals surface area contributed by atoms with Gasteiger partial charge in [0.1, 0.15) is 0 Å². The van der Waals surface area contributed by atoms with Crippen LogP contribution in [0.2, 0.25) is 0 Å². The van der Waals surface area contributed by atoms with Crippen molar-refractivity contribution in [1.29, 1.82) is 0 Å². The van der Waals surface area contributed by atoms with E-state index in [0.717, 1.165) is 25.8 Å². The lowest BCUT2D eigenvalue weighted by atomic mass is 10.1. The van der Waals surface area contributed by atoms with E-state index in [1.807, 2.05) is 0 Å². The fourth-order valence-electron chi connectivity index (χ4n) is 2.34. The molecule has 1 aliphatic carbocycles. The lowest BCUT2D eigenvalue weighted by Gasteiger charge is -2.30. The average Bonchev–Trinajstić information content (AvgIpc) is 2.75. The predicted molar refractivity (Wildman–Crippen MR) is 63.7 cm³/mol. The number of ether oxygens (including phenoxy) is 2. The van der Waals surface area contributed by atoms with Gasteiger partial charge < -0.3 is 14.6 Å². The monoisotopic (exact) mass is 245 g/mol. The molecule has 0 aromatic heterocycles. The van der Waals surface area contributed by atoms with Crippen molar-refractivity contribution in [3.8, 4) is 0 Å². The first-order valence-electron chi connectivity index (χ1n) is 6.17. The van der Waals surface area contributed by atoms with Crippen LogP contribution in [0.5, 0.6) is 0 Å². The van der Waals surface area contributed by atoms with Gasteiger partial charge in [0.15, 0.2) is 0 Å². The van der Waals surface area contributed by atoms with Crippen molar-refractivity contribution in [2.75, 3.05) is 33.9 Å².